The van der Waals surface area contributed by atoms with Crippen LogP contribution in [-0.4, -0.2) is 20.2 Å². The number of hydrogen-bond donors (Lipinski definition) is 1. The Hall–Kier alpha value is -2.69. The number of nitrogens with two attached hydrogens (primary N) is 1. The zero-order valence-electron chi connectivity index (χ0n) is 11.9. The quantitative estimate of drug-likeness (QED) is 0.745. The summed E-state index contributed by atoms with van der Waals surface area (Å²) in [7, 11) is 0. The van der Waals surface area contributed by atoms with E-state index in [1.807, 2.05) is 36.4 Å². The number of anilines is 1. The molecule has 0 spiro atoms. The summed E-state index contributed by atoms with van der Waals surface area (Å²) in [4.78, 5) is 0. The zero-order valence-corrected chi connectivity index (χ0v) is 11.9. The monoisotopic (exact) mass is 279 g/mol. The molecule has 5 nitrogen and oxygen atoms in total. The minimum Gasteiger partial charge on any atom is -0.399 e. The number of aromatic nitrogens is 4. The van der Waals surface area contributed by atoms with Crippen molar-refractivity contribution in [3.63, 3.8) is 0 Å². The molecule has 0 unspecified atom stereocenters. The number of rotatable bonds is 4. The third kappa shape index (κ3) is 2.76. The van der Waals surface area contributed by atoms with E-state index in [0.29, 0.717) is 11.5 Å². The Morgan fingerprint density at radius 3 is 2.62 bits per heavy atom. The molecule has 0 saturated heterocycles. The minimum absolute atomic E-state index is 0.686. The van der Waals surface area contributed by atoms with Crippen LogP contribution in [0.25, 0.3) is 17.1 Å². The van der Waals surface area contributed by atoms with Crippen molar-refractivity contribution in [2.45, 2.75) is 19.8 Å². The Bertz CT molecular complexity index is 730. The summed E-state index contributed by atoms with van der Waals surface area (Å²) < 4.78 is 1.73. The van der Waals surface area contributed by atoms with Crippen LogP contribution in [0.3, 0.4) is 0 Å². The molecule has 21 heavy (non-hydrogen) atoms. The summed E-state index contributed by atoms with van der Waals surface area (Å²) in [6.07, 6.45) is 2.22. The molecule has 3 aromatic rings. The van der Waals surface area contributed by atoms with Crippen LogP contribution in [0.5, 0.6) is 0 Å². The highest BCUT2D eigenvalue weighted by atomic mass is 15.5. The summed E-state index contributed by atoms with van der Waals surface area (Å²) in [6, 6.07) is 15.9. The van der Waals surface area contributed by atoms with Crippen molar-refractivity contribution in [3.05, 3.63) is 54.1 Å². The predicted molar refractivity (Wildman–Crippen MR) is 83.0 cm³/mol. The van der Waals surface area contributed by atoms with E-state index in [2.05, 4.69) is 34.6 Å². The van der Waals surface area contributed by atoms with Gasteiger partial charge in [0, 0.05) is 11.3 Å². The standard InChI is InChI=1S/C16H17N5/c1-2-4-12-7-9-15(10-8-12)21-16(18-19-20-21)13-5-3-6-14(17)11-13/h3,5-11H,2,4,17H2,1H3. The molecule has 0 aliphatic heterocycles. The van der Waals surface area contributed by atoms with Crippen molar-refractivity contribution < 1.29 is 0 Å². The van der Waals surface area contributed by atoms with Crippen molar-refractivity contribution in [2.75, 3.05) is 5.73 Å². The highest BCUT2D eigenvalue weighted by molar-refractivity contribution is 5.62. The SMILES string of the molecule is CCCc1ccc(-n2nnnc2-c2cccc(N)c2)cc1. The van der Waals surface area contributed by atoms with Gasteiger partial charge in [-0.05, 0) is 46.7 Å². The lowest BCUT2D eigenvalue weighted by atomic mass is 10.1. The van der Waals surface area contributed by atoms with Gasteiger partial charge in [0.25, 0.3) is 0 Å². The molecule has 0 amide bonds. The number of nitrogen functional groups attached to an aromatic ring is 1. The topological polar surface area (TPSA) is 69.6 Å². The largest absolute Gasteiger partial charge is 0.399 e. The van der Waals surface area contributed by atoms with E-state index in [9.17, 15) is 0 Å². The average molecular weight is 279 g/mol. The highest BCUT2D eigenvalue weighted by Gasteiger charge is 2.10. The van der Waals surface area contributed by atoms with Gasteiger partial charge in [-0.1, -0.05) is 37.6 Å². The fourth-order valence-corrected chi connectivity index (χ4v) is 2.31. The van der Waals surface area contributed by atoms with Crippen LogP contribution in [0, 0.1) is 0 Å². The van der Waals surface area contributed by atoms with E-state index < -0.39 is 0 Å². The lowest BCUT2D eigenvalue weighted by Gasteiger charge is -2.06. The second kappa shape index (κ2) is 5.75. The van der Waals surface area contributed by atoms with E-state index in [1.165, 1.54) is 5.56 Å². The van der Waals surface area contributed by atoms with Gasteiger partial charge in [0.05, 0.1) is 5.69 Å². The molecule has 0 saturated carbocycles. The van der Waals surface area contributed by atoms with Crippen molar-refractivity contribution in [3.8, 4) is 17.1 Å². The van der Waals surface area contributed by atoms with Crippen LogP contribution < -0.4 is 5.73 Å². The Balaban J connectivity index is 1.98. The van der Waals surface area contributed by atoms with Crippen molar-refractivity contribution in [1.82, 2.24) is 20.2 Å². The molecule has 2 N–H and O–H groups in total. The average Bonchev–Trinajstić information content (AvgIpc) is 2.98. The molecule has 106 valence electrons. The molecule has 5 heteroatoms. The molecular formula is C16H17N5. The van der Waals surface area contributed by atoms with Gasteiger partial charge >= 0.3 is 0 Å². The Morgan fingerprint density at radius 2 is 1.90 bits per heavy atom. The van der Waals surface area contributed by atoms with Crippen LogP contribution in [0.2, 0.25) is 0 Å². The smallest absolute Gasteiger partial charge is 0.187 e. The van der Waals surface area contributed by atoms with Crippen LogP contribution in [0.4, 0.5) is 5.69 Å². The predicted octanol–water partition coefficient (Wildman–Crippen LogP) is 2.86. The number of nitrogens with zero attached hydrogens (tertiary/aromatic N) is 4. The first-order chi connectivity index (χ1) is 10.3. The van der Waals surface area contributed by atoms with Crippen molar-refractivity contribution in [1.29, 1.82) is 0 Å². The minimum atomic E-state index is 0.686. The fourth-order valence-electron chi connectivity index (χ4n) is 2.31. The third-order valence-corrected chi connectivity index (χ3v) is 3.33. The maximum absolute atomic E-state index is 5.83. The summed E-state index contributed by atoms with van der Waals surface area (Å²) in [5, 5.41) is 12.0. The molecular weight excluding hydrogens is 262 g/mol. The summed E-state index contributed by atoms with van der Waals surface area (Å²) in [6.45, 7) is 2.17. The van der Waals surface area contributed by atoms with Gasteiger partial charge in [-0.25, -0.2) is 0 Å². The number of tetrazole rings is 1. The Morgan fingerprint density at radius 1 is 1.10 bits per heavy atom. The van der Waals surface area contributed by atoms with Gasteiger partial charge in [0.15, 0.2) is 5.82 Å². The van der Waals surface area contributed by atoms with Crippen LogP contribution in [-0.2, 0) is 6.42 Å². The van der Waals surface area contributed by atoms with E-state index in [-0.39, 0.29) is 0 Å². The second-order valence-electron chi connectivity index (χ2n) is 4.96. The van der Waals surface area contributed by atoms with Crippen molar-refractivity contribution in [2.24, 2.45) is 0 Å². The third-order valence-electron chi connectivity index (χ3n) is 3.33. The summed E-state index contributed by atoms with van der Waals surface area (Å²) in [5.41, 5.74) is 9.69. The molecule has 0 fully saturated rings. The first-order valence-electron chi connectivity index (χ1n) is 7.01. The van der Waals surface area contributed by atoms with E-state index in [4.69, 9.17) is 5.73 Å². The lowest BCUT2D eigenvalue weighted by Crippen LogP contribution is -2.00. The number of aryl methyl sites for hydroxylation is 1. The van der Waals surface area contributed by atoms with Gasteiger partial charge in [-0.2, -0.15) is 4.68 Å². The normalized spacial score (nSPS) is 10.7. The zero-order chi connectivity index (χ0) is 14.7. The van der Waals surface area contributed by atoms with Crippen LogP contribution in [0.1, 0.15) is 18.9 Å². The lowest BCUT2D eigenvalue weighted by molar-refractivity contribution is 0.790. The second-order valence-corrected chi connectivity index (χ2v) is 4.96. The molecule has 2 aromatic carbocycles. The van der Waals surface area contributed by atoms with E-state index in [1.54, 1.807) is 4.68 Å². The highest BCUT2D eigenvalue weighted by Crippen LogP contribution is 2.21. The maximum Gasteiger partial charge on any atom is 0.187 e. The van der Waals surface area contributed by atoms with E-state index >= 15 is 0 Å². The van der Waals surface area contributed by atoms with Gasteiger partial charge in [0.1, 0.15) is 0 Å². The van der Waals surface area contributed by atoms with Crippen molar-refractivity contribution >= 4 is 5.69 Å². The number of hydrogen-bond acceptors (Lipinski definition) is 4. The van der Waals surface area contributed by atoms with Gasteiger partial charge in [-0.15, -0.1) is 5.10 Å². The molecule has 0 radical (unpaired) electrons. The van der Waals surface area contributed by atoms with Crippen LogP contribution in [0.15, 0.2) is 48.5 Å². The molecule has 0 aliphatic carbocycles. The molecule has 1 heterocycles. The Kier molecular flexibility index (Phi) is 3.64. The molecule has 0 bridgehead atoms. The molecule has 3 rings (SSSR count). The molecule has 0 atom stereocenters. The summed E-state index contributed by atoms with van der Waals surface area (Å²) >= 11 is 0. The van der Waals surface area contributed by atoms with Gasteiger partial charge in [0.2, 0.25) is 0 Å². The number of benzene rings is 2. The fraction of sp³-hybridized carbons (Fsp3) is 0.188. The summed E-state index contributed by atoms with van der Waals surface area (Å²) in [5.74, 6) is 0.686. The van der Waals surface area contributed by atoms with Crippen LogP contribution >= 0.6 is 0 Å². The molecule has 0 aliphatic rings. The first-order valence-corrected chi connectivity index (χ1v) is 7.01. The Labute approximate surface area is 123 Å². The van der Waals surface area contributed by atoms with E-state index in [0.717, 1.165) is 24.1 Å². The molecule has 1 aromatic heterocycles. The van der Waals surface area contributed by atoms with Gasteiger partial charge < -0.3 is 5.73 Å². The van der Waals surface area contributed by atoms with Gasteiger partial charge in [-0.3, -0.25) is 0 Å². The first kappa shape index (κ1) is 13.3. The maximum atomic E-state index is 5.83.